The van der Waals surface area contributed by atoms with Crippen LogP contribution in [0.15, 0.2) is 36.9 Å². The predicted octanol–water partition coefficient (Wildman–Crippen LogP) is 2.31. The molecule has 3 aromatic rings. The van der Waals surface area contributed by atoms with Gasteiger partial charge in [0.2, 0.25) is 5.91 Å². The summed E-state index contributed by atoms with van der Waals surface area (Å²) in [4.78, 5) is 23.5. The lowest BCUT2D eigenvalue weighted by atomic mass is 9.96. The first-order valence-corrected chi connectivity index (χ1v) is 8.75. The zero-order valence-corrected chi connectivity index (χ0v) is 14.9. The number of likely N-dealkylation sites (tertiary alicyclic amines) is 1. The van der Waals surface area contributed by atoms with Crippen LogP contribution in [0.3, 0.4) is 0 Å². The third kappa shape index (κ3) is 3.43. The van der Waals surface area contributed by atoms with Crippen LogP contribution in [0.2, 0.25) is 0 Å². The number of carbonyl (C=O) groups excluding carboxylic acids is 1. The van der Waals surface area contributed by atoms with Crippen LogP contribution in [0, 0.1) is 5.92 Å². The molecule has 1 N–H and O–H groups in total. The van der Waals surface area contributed by atoms with Crippen molar-refractivity contribution >= 4 is 22.6 Å². The molecule has 1 fully saturated rings. The van der Waals surface area contributed by atoms with Crippen LogP contribution in [0.5, 0.6) is 0 Å². The zero-order chi connectivity index (χ0) is 19.0. The molecule has 0 aromatic carbocycles. The highest BCUT2D eigenvalue weighted by molar-refractivity contribution is 5.94. The number of nitrogens with one attached hydrogen (secondary N) is 1. The summed E-state index contributed by atoms with van der Waals surface area (Å²) in [6.45, 7) is 1.82. The Balaban J connectivity index is 1.61. The fourth-order valence-electron chi connectivity index (χ4n) is 3.25. The summed E-state index contributed by atoms with van der Waals surface area (Å²) >= 11 is 0. The number of aryl methyl sites for hydroxylation is 1. The maximum Gasteiger partial charge on any atom is 0.228 e. The number of nitrogens with zero attached hydrogens (tertiary/aromatic N) is 5. The van der Waals surface area contributed by atoms with Gasteiger partial charge in [0.1, 0.15) is 5.82 Å². The number of carbonyl (C=O) groups is 1. The summed E-state index contributed by atoms with van der Waals surface area (Å²) in [5, 5.41) is 7.69. The minimum absolute atomic E-state index is 0.0297. The van der Waals surface area contributed by atoms with E-state index in [4.69, 9.17) is 1.37 Å². The van der Waals surface area contributed by atoms with Crippen LogP contribution < -0.4 is 5.32 Å². The summed E-state index contributed by atoms with van der Waals surface area (Å²) in [6.07, 6.45) is 8.67. The van der Waals surface area contributed by atoms with Gasteiger partial charge < -0.3 is 10.2 Å². The molecule has 7 nitrogen and oxygen atoms in total. The van der Waals surface area contributed by atoms with Crippen molar-refractivity contribution in [2.24, 2.45) is 13.0 Å². The monoisotopic (exact) mass is 351 g/mol. The maximum atomic E-state index is 12.6. The van der Waals surface area contributed by atoms with E-state index in [0.29, 0.717) is 10.9 Å². The molecule has 0 unspecified atom stereocenters. The largest absolute Gasteiger partial charge is 0.310 e. The van der Waals surface area contributed by atoms with Crippen molar-refractivity contribution in [3.63, 3.8) is 0 Å². The number of anilines is 1. The summed E-state index contributed by atoms with van der Waals surface area (Å²) in [5.74, 6) is 0.203. The summed E-state index contributed by atoms with van der Waals surface area (Å²) in [6, 6.07) is 2.08. The van der Waals surface area contributed by atoms with Gasteiger partial charge in [-0.15, -0.1) is 0 Å². The molecular weight excluding hydrogens is 328 g/mol. The molecule has 1 aliphatic heterocycles. The minimum Gasteiger partial charge on any atom is -0.310 e. The highest BCUT2D eigenvalue weighted by Crippen LogP contribution is 2.24. The van der Waals surface area contributed by atoms with Crippen molar-refractivity contribution in [3.8, 4) is 11.1 Å². The van der Waals surface area contributed by atoms with Crippen molar-refractivity contribution in [1.29, 1.82) is 0 Å². The quantitative estimate of drug-likeness (QED) is 0.784. The van der Waals surface area contributed by atoms with Crippen molar-refractivity contribution in [2.75, 3.05) is 25.5 Å². The number of amides is 1. The van der Waals surface area contributed by atoms with E-state index in [0.717, 1.165) is 37.1 Å². The Bertz CT molecular complexity index is 993. The molecule has 4 heterocycles. The molecule has 0 bridgehead atoms. The van der Waals surface area contributed by atoms with Crippen LogP contribution in [-0.2, 0) is 11.8 Å². The van der Waals surface area contributed by atoms with Gasteiger partial charge in [-0.3, -0.25) is 14.5 Å². The number of piperidine rings is 1. The molecule has 0 aliphatic carbocycles. The first-order chi connectivity index (χ1) is 13.0. The van der Waals surface area contributed by atoms with Gasteiger partial charge in [0.05, 0.1) is 19.3 Å². The van der Waals surface area contributed by atoms with Crippen LogP contribution in [0.25, 0.3) is 22.0 Å². The Morgan fingerprint density at radius 3 is 2.73 bits per heavy atom. The number of aromatic nitrogens is 4. The lowest BCUT2D eigenvalue weighted by molar-refractivity contribution is -0.121. The third-order valence-electron chi connectivity index (χ3n) is 4.86. The molecule has 26 heavy (non-hydrogen) atoms. The Morgan fingerprint density at radius 1 is 1.19 bits per heavy atom. The smallest absolute Gasteiger partial charge is 0.228 e. The van der Waals surface area contributed by atoms with E-state index in [1.54, 1.807) is 23.3 Å². The number of hydrogen-bond donors (Lipinski definition) is 1. The summed E-state index contributed by atoms with van der Waals surface area (Å²) in [5.41, 5.74) is 2.44. The molecule has 134 valence electrons. The lowest BCUT2D eigenvalue weighted by Crippen LogP contribution is -2.36. The van der Waals surface area contributed by atoms with Crippen LogP contribution in [-0.4, -0.2) is 50.7 Å². The molecule has 7 heteroatoms. The number of rotatable bonds is 3. The first-order valence-electron chi connectivity index (χ1n) is 9.25. The van der Waals surface area contributed by atoms with E-state index in [1.807, 2.05) is 19.3 Å². The van der Waals surface area contributed by atoms with Gasteiger partial charge in [0.25, 0.3) is 0 Å². The topological polar surface area (TPSA) is 75.9 Å². The van der Waals surface area contributed by atoms with E-state index in [2.05, 4.69) is 32.3 Å². The molecule has 4 rings (SSSR count). The number of hydrogen-bond acceptors (Lipinski definition) is 5. The van der Waals surface area contributed by atoms with E-state index in [1.165, 1.54) is 0 Å². The summed E-state index contributed by atoms with van der Waals surface area (Å²) in [7, 11) is 3.92. The molecule has 3 aromatic heterocycles. The third-order valence-corrected chi connectivity index (χ3v) is 4.86. The number of fused-ring (bicyclic) bond motifs is 1. The van der Waals surface area contributed by atoms with E-state index in [-0.39, 0.29) is 23.7 Å². The van der Waals surface area contributed by atoms with Gasteiger partial charge in [0.15, 0.2) is 0 Å². The first kappa shape index (κ1) is 15.5. The second-order valence-electron chi connectivity index (χ2n) is 6.86. The molecule has 0 radical (unpaired) electrons. The van der Waals surface area contributed by atoms with Crippen molar-refractivity contribution in [1.82, 2.24) is 24.6 Å². The van der Waals surface area contributed by atoms with Crippen molar-refractivity contribution in [3.05, 3.63) is 36.9 Å². The Labute approximate surface area is 153 Å². The standard InChI is InChI=1S/C19H22N6O/c1-24-5-3-13(4-6-24)19(26)23-18-8-14-7-15(9-20-17(14)11-21-18)16-10-22-25(2)12-16/h7-13H,3-6H2,1-2H3,(H,21,23,26)/i8D. The second kappa shape index (κ2) is 6.84. The van der Waals surface area contributed by atoms with E-state index >= 15 is 0 Å². The normalized spacial score (nSPS) is 16.6. The molecule has 1 saturated heterocycles. The van der Waals surface area contributed by atoms with E-state index in [9.17, 15) is 4.79 Å². The highest BCUT2D eigenvalue weighted by Gasteiger charge is 2.23. The Hall–Kier alpha value is -2.80. The van der Waals surface area contributed by atoms with Gasteiger partial charge in [-0.1, -0.05) is 0 Å². The Morgan fingerprint density at radius 2 is 2.00 bits per heavy atom. The molecule has 1 amide bonds. The average molecular weight is 351 g/mol. The van der Waals surface area contributed by atoms with Crippen molar-refractivity contribution < 1.29 is 6.17 Å². The predicted molar refractivity (Wildman–Crippen MR) is 101 cm³/mol. The molecule has 0 saturated carbocycles. The molecular formula is C19H22N6O. The van der Waals surface area contributed by atoms with Gasteiger partial charge in [0, 0.05) is 41.9 Å². The molecule has 1 aliphatic rings. The molecule has 0 atom stereocenters. The van der Waals surface area contributed by atoms with Crippen LogP contribution in [0.4, 0.5) is 5.82 Å². The van der Waals surface area contributed by atoms with E-state index < -0.39 is 0 Å². The fourth-order valence-corrected chi connectivity index (χ4v) is 3.25. The van der Waals surface area contributed by atoms with Gasteiger partial charge >= 0.3 is 0 Å². The lowest BCUT2D eigenvalue weighted by Gasteiger charge is -2.27. The van der Waals surface area contributed by atoms with Gasteiger partial charge in [-0.05, 0) is 45.1 Å². The maximum absolute atomic E-state index is 12.6. The summed E-state index contributed by atoms with van der Waals surface area (Å²) < 4.78 is 10.2. The minimum atomic E-state index is -0.0557. The zero-order valence-electron chi connectivity index (χ0n) is 15.9. The fraction of sp³-hybridized carbons (Fsp3) is 0.368. The SMILES string of the molecule is [2H]c1c(NC(=O)C2CCN(C)CC2)ncc2ncc(-c3cnn(C)c3)cc12. The Kier molecular flexibility index (Phi) is 4.06. The van der Waals surface area contributed by atoms with Crippen molar-refractivity contribution in [2.45, 2.75) is 12.8 Å². The van der Waals surface area contributed by atoms with Crippen LogP contribution >= 0.6 is 0 Å². The van der Waals surface area contributed by atoms with Crippen LogP contribution in [0.1, 0.15) is 14.2 Å². The second-order valence-corrected chi connectivity index (χ2v) is 6.86. The highest BCUT2D eigenvalue weighted by atomic mass is 16.1. The average Bonchev–Trinajstić information content (AvgIpc) is 3.11. The number of pyridine rings is 2. The molecule has 0 spiro atoms. The van der Waals surface area contributed by atoms with Gasteiger partial charge in [-0.25, -0.2) is 4.98 Å². The van der Waals surface area contributed by atoms with Gasteiger partial charge in [-0.2, -0.15) is 5.10 Å².